The minimum Gasteiger partial charge on any atom is -0.449 e. The molecule has 1 fully saturated rings. The van der Waals surface area contributed by atoms with Gasteiger partial charge in [0, 0.05) is 51.2 Å². The molecule has 0 radical (unpaired) electrons. The zero-order valence-electron chi connectivity index (χ0n) is 13.9. The smallest absolute Gasteiger partial charge is 0.321 e. The Morgan fingerprint density at radius 3 is 2.83 bits per heavy atom. The van der Waals surface area contributed by atoms with Crippen LogP contribution in [0.5, 0.6) is 11.5 Å². The first kappa shape index (κ1) is 15.9. The molecule has 0 aromatic heterocycles. The number of nitrogens with zero attached hydrogens (tertiary/aromatic N) is 1. The van der Waals surface area contributed by atoms with E-state index in [2.05, 4.69) is 5.32 Å². The molecule has 0 spiro atoms. The summed E-state index contributed by atoms with van der Waals surface area (Å²) in [6.45, 7) is 8.61. The second-order valence-corrected chi connectivity index (χ2v) is 6.46. The fourth-order valence-electron chi connectivity index (χ4n) is 2.90. The number of urea groups is 1. The van der Waals surface area contributed by atoms with E-state index in [-0.39, 0.29) is 6.03 Å². The zero-order valence-corrected chi connectivity index (χ0v) is 13.9. The highest BCUT2D eigenvalue weighted by Crippen LogP contribution is 2.40. The van der Waals surface area contributed by atoms with Gasteiger partial charge in [0.15, 0.2) is 11.5 Å². The summed E-state index contributed by atoms with van der Waals surface area (Å²) < 4.78 is 16.7. The maximum atomic E-state index is 12.5. The van der Waals surface area contributed by atoms with Gasteiger partial charge in [-0.05, 0) is 25.5 Å². The molecule has 2 amide bonds. The van der Waals surface area contributed by atoms with Crippen LogP contribution in [0.4, 0.5) is 10.5 Å². The molecule has 6 heteroatoms. The van der Waals surface area contributed by atoms with Crippen LogP contribution in [0.25, 0.3) is 0 Å². The van der Waals surface area contributed by atoms with Crippen molar-refractivity contribution < 1.29 is 19.0 Å². The van der Waals surface area contributed by atoms with Gasteiger partial charge < -0.3 is 24.4 Å². The van der Waals surface area contributed by atoms with Gasteiger partial charge in [0.25, 0.3) is 0 Å². The van der Waals surface area contributed by atoms with Crippen LogP contribution < -0.4 is 14.8 Å². The lowest BCUT2D eigenvalue weighted by molar-refractivity contribution is -0.0431. The lowest BCUT2D eigenvalue weighted by Gasteiger charge is -2.24. The Labute approximate surface area is 136 Å². The second-order valence-electron chi connectivity index (χ2n) is 6.46. The van der Waals surface area contributed by atoms with Crippen LogP contribution >= 0.6 is 0 Å². The number of carbonyl (C=O) groups excluding carboxylic acids is 1. The molecule has 1 saturated heterocycles. The zero-order chi connectivity index (χ0) is 16.4. The average Bonchev–Trinajstić information content (AvgIpc) is 3.09. The van der Waals surface area contributed by atoms with Crippen molar-refractivity contribution in [3.05, 3.63) is 18.2 Å². The first-order chi connectivity index (χ1) is 11.0. The summed E-state index contributed by atoms with van der Waals surface area (Å²) in [5.74, 6) is 1.12. The van der Waals surface area contributed by atoms with Gasteiger partial charge in [0.1, 0.15) is 0 Å². The maximum Gasteiger partial charge on any atom is 0.321 e. The third kappa shape index (κ3) is 3.69. The molecule has 0 saturated carbocycles. The Hall–Kier alpha value is -1.95. The van der Waals surface area contributed by atoms with Crippen LogP contribution in [0.1, 0.15) is 27.2 Å². The van der Waals surface area contributed by atoms with Gasteiger partial charge in [-0.25, -0.2) is 4.79 Å². The van der Waals surface area contributed by atoms with Crippen LogP contribution in [0.3, 0.4) is 0 Å². The van der Waals surface area contributed by atoms with Crippen LogP contribution in [-0.4, -0.2) is 43.0 Å². The molecule has 2 aliphatic heterocycles. The van der Waals surface area contributed by atoms with E-state index in [0.717, 1.165) is 26.2 Å². The average molecular weight is 320 g/mol. The predicted octanol–water partition coefficient (Wildman–Crippen LogP) is 3.08. The summed E-state index contributed by atoms with van der Waals surface area (Å²) in [6.07, 6.45) is 1.02. The quantitative estimate of drug-likeness (QED) is 0.926. The molecule has 2 heterocycles. The molecular formula is C17H24N2O4. The van der Waals surface area contributed by atoms with Gasteiger partial charge in [-0.15, -0.1) is 0 Å². The van der Waals surface area contributed by atoms with Crippen molar-refractivity contribution >= 4 is 11.7 Å². The Kier molecular flexibility index (Phi) is 4.35. The first-order valence-electron chi connectivity index (χ1n) is 8.12. The van der Waals surface area contributed by atoms with Gasteiger partial charge in [0.2, 0.25) is 5.79 Å². The minimum absolute atomic E-state index is 0.0995. The van der Waals surface area contributed by atoms with Crippen molar-refractivity contribution in [1.29, 1.82) is 0 Å². The summed E-state index contributed by atoms with van der Waals surface area (Å²) in [5.41, 5.74) is 0.705. The van der Waals surface area contributed by atoms with Crippen molar-refractivity contribution in [2.45, 2.75) is 33.0 Å². The normalized spacial score (nSPS) is 21.3. The van der Waals surface area contributed by atoms with E-state index in [0.29, 0.717) is 29.6 Å². The summed E-state index contributed by atoms with van der Waals surface area (Å²) in [4.78, 5) is 14.3. The molecule has 0 bridgehead atoms. The molecular weight excluding hydrogens is 296 g/mol. The number of carbonyl (C=O) groups is 1. The van der Waals surface area contributed by atoms with Crippen LogP contribution in [0, 0.1) is 5.92 Å². The fraction of sp³-hybridized carbons (Fsp3) is 0.588. The van der Waals surface area contributed by atoms with E-state index >= 15 is 0 Å². The molecule has 126 valence electrons. The van der Waals surface area contributed by atoms with Gasteiger partial charge in [-0.3, -0.25) is 0 Å². The third-order valence-electron chi connectivity index (χ3n) is 4.08. The summed E-state index contributed by atoms with van der Waals surface area (Å²) >= 11 is 0. The Bertz CT molecular complexity index is 582. The van der Waals surface area contributed by atoms with E-state index < -0.39 is 5.79 Å². The van der Waals surface area contributed by atoms with Crippen molar-refractivity contribution in [1.82, 2.24) is 4.90 Å². The number of ether oxygens (including phenoxy) is 3. The van der Waals surface area contributed by atoms with Crippen LogP contribution in [0.15, 0.2) is 18.2 Å². The molecule has 3 rings (SSSR count). The van der Waals surface area contributed by atoms with Crippen molar-refractivity contribution in [3.63, 3.8) is 0 Å². The molecule has 1 N–H and O–H groups in total. The number of hydrogen-bond acceptors (Lipinski definition) is 4. The van der Waals surface area contributed by atoms with Crippen LogP contribution in [-0.2, 0) is 4.74 Å². The molecule has 1 aromatic rings. The third-order valence-corrected chi connectivity index (χ3v) is 4.08. The van der Waals surface area contributed by atoms with Crippen LogP contribution in [0.2, 0.25) is 0 Å². The molecule has 1 aromatic carbocycles. The molecule has 0 unspecified atom stereocenters. The molecule has 6 nitrogen and oxygen atoms in total. The highest BCUT2D eigenvalue weighted by molar-refractivity contribution is 5.89. The molecule has 1 atom stereocenters. The van der Waals surface area contributed by atoms with Crippen molar-refractivity contribution in [3.8, 4) is 11.5 Å². The second kappa shape index (κ2) is 6.28. The maximum absolute atomic E-state index is 12.5. The predicted molar refractivity (Wildman–Crippen MR) is 87.0 cm³/mol. The van der Waals surface area contributed by atoms with E-state index in [1.807, 2.05) is 37.8 Å². The van der Waals surface area contributed by atoms with Gasteiger partial charge in [-0.2, -0.15) is 0 Å². The fourth-order valence-corrected chi connectivity index (χ4v) is 2.90. The Balaban J connectivity index is 1.63. The van der Waals surface area contributed by atoms with E-state index in [9.17, 15) is 4.79 Å². The van der Waals surface area contributed by atoms with Crippen molar-refractivity contribution in [2.75, 3.05) is 31.6 Å². The molecule has 23 heavy (non-hydrogen) atoms. The summed E-state index contributed by atoms with van der Waals surface area (Å²) in [7, 11) is 0. The topological polar surface area (TPSA) is 60.0 Å². The largest absolute Gasteiger partial charge is 0.449 e. The summed E-state index contributed by atoms with van der Waals surface area (Å²) in [5, 5.41) is 2.93. The Morgan fingerprint density at radius 2 is 2.13 bits per heavy atom. The lowest BCUT2D eigenvalue weighted by atomic mass is 10.1. The highest BCUT2D eigenvalue weighted by Gasteiger charge is 2.31. The molecule has 0 aliphatic carbocycles. The lowest BCUT2D eigenvalue weighted by Crippen LogP contribution is -2.38. The van der Waals surface area contributed by atoms with Gasteiger partial charge in [-0.1, -0.05) is 0 Å². The van der Waals surface area contributed by atoms with Gasteiger partial charge in [0.05, 0.1) is 6.61 Å². The Morgan fingerprint density at radius 1 is 1.35 bits per heavy atom. The number of fused-ring (bicyclic) bond motifs is 1. The molecule has 2 aliphatic rings. The minimum atomic E-state index is -0.664. The first-order valence-corrected chi connectivity index (χ1v) is 8.12. The van der Waals surface area contributed by atoms with E-state index in [1.54, 1.807) is 6.07 Å². The SMILES string of the molecule is CCN(C[C@@H]1CCOC1)C(=O)Nc1ccc2c(c1)OC(C)(C)O2. The standard InChI is InChI=1S/C17H24N2O4/c1-4-19(10-12-7-8-21-11-12)16(20)18-13-5-6-14-15(9-13)23-17(2,3)22-14/h5-6,9,12H,4,7-8,10-11H2,1-3H3,(H,18,20)/t12-/m0/s1. The van der Waals surface area contributed by atoms with Gasteiger partial charge >= 0.3 is 6.03 Å². The number of amides is 2. The number of anilines is 1. The summed E-state index contributed by atoms with van der Waals surface area (Å²) in [6, 6.07) is 5.35. The number of hydrogen-bond donors (Lipinski definition) is 1. The monoisotopic (exact) mass is 320 g/mol. The number of rotatable bonds is 4. The highest BCUT2D eigenvalue weighted by atomic mass is 16.7. The van der Waals surface area contributed by atoms with E-state index in [1.165, 1.54) is 0 Å². The van der Waals surface area contributed by atoms with Crippen molar-refractivity contribution in [2.24, 2.45) is 5.92 Å². The van der Waals surface area contributed by atoms with E-state index in [4.69, 9.17) is 14.2 Å². The number of benzene rings is 1. The number of nitrogens with one attached hydrogen (secondary N) is 1.